The van der Waals surface area contributed by atoms with Crippen LogP contribution in [0.1, 0.15) is 20.7 Å². The minimum Gasteiger partial charge on any atom is -0.350 e. The quantitative estimate of drug-likeness (QED) is 0.727. The van der Waals surface area contributed by atoms with Crippen LogP contribution in [0.4, 0.5) is 0 Å². The van der Waals surface area contributed by atoms with Crippen LogP contribution in [0.5, 0.6) is 0 Å². The molecule has 2 N–H and O–H groups in total. The second-order valence-electron chi connectivity index (χ2n) is 4.65. The summed E-state index contributed by atoms with van der Waals surface area (Å²) in [4.78, 5) is 23.9. The maximum atomic E-state index is 12.0. The first kappa shape index (κ1) is 17.8. The molecule has 0 unspecified atom stereocenters. The fourth-order valence-corrected chi connectivity index (χ4v) is 2.63. The van der Waals surface area contributed by atoms with Gasteiger partial charge in [0, 0.05) is 28.1 Å². The highest BCUT2D eigenvalue weighted by Gasteiger charge is 2.11. The van der Waals surface area contributed by atoms with E-state index in [2.05, 4.69) is 26.6 Å². The Morgan fingerprint density at radius 1 is 0.957 bits per heavy atom. The lowest BCUT2D eigenvalue weighted by Gasteiger charge is -2.08. The SMILES string of the molecule is O=C(NCCNC(=O)c1cc(Cl)ccc1Cl)c1cccc(Br)c1. The lowest BCUT2D eigenvalue weighted by atomic mass is 10.2. The summed E-state index contributed by atoms with van der Waals surface area (Å²) in [6, 6.07) is 11.7. The van der Waals surface area contributed by atoms with Gasteiger partial charge in [0.25, 0.3) is 11.8 Å². The lowest BCUT2D eigenvalue weighted by molar-refractivity contribution is 0.0927. The number of benzene rings is 2. The van der Waals surface area contributed by atoms with Crippen LogP contribution < -0.4 is 10.6 Å². The van der Waals surface area contributed by atoms with Crippen LogP contribution in [-0.2, 0) is 0 Å². The Morgan fingerprint density at radius 2 is 1.65 bits per heavy atom. The van der Waals surface area contributed by atoms with E-state index in [4.69, 9.17) is 23.2 Å². The molecule has 0 saturated carbocycles. The molecule has 7 heteroatoms. The van der Waals surface area contributed by atoms with Crippen molar-refractivity contribution in [3.63, 3.8) is 0 Å². The zero-order chi connectivity index (χ0) is 16.8. The maximum Gasteiger partial charge on any atom is 0.252 e. The Hall–Kier alpha value is -1.56. The molecule has 0 fully saturated rings. The third kappa shape index (κ3) is 5.23. The number of carbonyl (C=O) groups excluding carboxylic acids is 2. The fraction of sp³-hybridized carbons (Fsp3) is 0.125. The van der Waals surface area contributed by atoms with E-state index >= 15 is 0 Å². The molecule has 2 aromatic carbocycles. The standard InChI is InChI=1S/C16H13BrCl2N2O2/c17-11-3-1-2-10(8-11)15(22)20-6-7-21-16(23)13-9-12(18)4-5-14(13)19/h1-5,8-9H,6-7H2,(H,20,22)(H,21,23). The number of amides is 2. The summed E-state index contributed by atoms with van der Waals surface area (Å²) in [5, 5.41) is 6.16. The first-order valence-electron chi connectivity index (χ1n) is 6.74. The largest absolute Gasteiger partial charge is 0.350 e. The van der Waals surface area contributed by atoms with Crippen molar-refractivity contribution in [3.05, 3.63) is 68.1 Å². The number of halogens is 3. The van der Waals surface area contributed by atoms with E-state index in [-0.39, 0.29) is 18.4 Å². The second-order valence-corrected chi connectivity index (χ2v) is 6.41. The predicted molar refractivity (Wildman–Crippen MR) is 95.3 cm³/mol. The monoisotopic (exact) mass is 414 g/mol. The van der Waals surface area contributed by atoms with Crippen molar-refractivity contribution in [2.45, 2.75) is 0 Å². The molecule has 4 nitrogen and oxygen atoms in total. The minimum atomic E-state index is -0.339. The van der Waals surface area contributed by atoms with Crippen molar-refractivity contribution in [3.8, 4) is 0 Å². The Labute approximate surface area is 152 Å². The van der Waals surface area contributed by atoms with E-state index in [0.717, 1.165) is 4.47 Å². The summed E-state index contributed by atoms with van der Waals surface area (Å²) < 4.78 is 0.828. The molecule has 0 spiro atoms. The highest BCUT2D eigenvalue weighted by Crippen LogP contribution is 2.20. The number of carbonyl (C=O) groups is 2. The Kier molecular flexibility index (Phi) is 6.45. The summed E-state index contributed by atoms with van der Waals surface area (Å²) in [6.45, 7) is 0.580. The van der Waals surface area contributed by atoms with Crippen molar-refractivity contribution < 1.29 is 9.59 Å². The van der Waals surface area contributed by atoms with Crippen LogP contribution in [0.25, 0.3) is 0 Å². The van der Waals surface area contributed by atoms with Crippen LogP contribution in [0.15, 0.2) is 46.9 Å². The number of hydrogen-bond donors (Lipinski definition) is 2. The predicted octanol–water partition coefficient (Wildman–Crippen LogP) is 3.92. The van der Waals surface area contributed by atoms with E-state index < -0.39 is 0 Å². The van der Waals surface area contributed by atoms with E-state index in [1.807, 2.05) is 6.07 Å². The van der Waals surface area contributed by atoms with Crippen molar-refractivity contribution in [1.29, 1.82) is 0 Å². The first-order chi connectivity index (χ1) is 11.0. The maximum absolute atomic E-state index is 12.0. The third-order valence-electron chi connectivity index (χ3n) is 2.96. The van der Waals surface area contributed by atoms with Crippen molar-refractivity contribution >= 4 is 50.9 Å². The molecule has 0 heterocycles. The lowest BCUT2D eigenvalue weighted by Crippen LogP contribution is -2.34. The summed E-state index contributed by atoms with van der Waals surface area (Å²) in [6.07, 6.45) is 0. The summed E-state index contributed by atoms with van der Waals surface area (Å²) in [5.74, 6) is -0.546. The highest BCUT2D eigenvalue weighted by molar-refractivity contribution is 9.10. The first-order valence-corrected chi connectivity index (χ1v) is 8.29. The zero-order valence-electron chi connectivity index (χ0n) is 11.9. The van der Waals surface area contributed by atoms with Crippen molar-refractivity contribution in [2.24, 2.45) is 0 Å². The average Bonchev–Trinajstić information content (AvgIpc) is 2.53. The van der Waals surface area contributed by atoms with Crippen LogP contribution in [-0.4, -0.2) is 24.9 Å². The molecule has 2 rings (SSSR count). The van der Waals surface area contributed by atoms with Gasteiger partial charge in [0.05, 0.1) is 10.6 Å². The molecule has 120 valence electrons. The molecular formula is C16H13BrCl2N2O2. The molecular weight excluding hydrogens is 403 g/mol. The van der Waals surface area contributed by atoms with Gasteiger partial charge < -0.3 is 10.6 Å². The molecule has 0 radical (unpaired) electrons. The molecule has 0 bridgehead atoms. The van der Waals surface area contributed by atoms with Crippen LogP contribution in [0.2, 0.25) is 10.0 Å². The van der Waals surface area contributed by atoms with E-state index in [9.17, 15) is 9.59 Å². The van der Waals surface area contributed by atoms with Crippen LogP contribution in [0.3, 0.4) is 0 Å². The molecule has 0 aliphatic rings. The van der Waals surface area contributed by atoms with Crippen LogP contribution in [0, 0.1) is 0 Å². The van der Waals surface area contributed by atoms with Gasteiger partial charge in [-0.05, 0) is 36.4 Å². The molecule has 2 amide bonds. The summed E-state index contributed by atoms with van der Waals surface area (Å²) in [7, 11) is 0. The molecule has 0 saturated heterocycles. The van der Waals surface area contributed by atoms with Gasteiger partial charge in [-0.15, -0.1) is 0 Å². The molecule has 0 atom stereocenters. The van der Waals surface area contributed by atoms with Gasteiger partial charge in [-0.3, -0.25) is 9.59 Å². The Bertz CT molecular complexity index is 738. The molecule has 0 aliphatic heterocycles. The topological polar surface area (TPSA) is 58.2 Å². The highest BCUT2D eigenvalue weighted by atomic mass is 79.9. The van der Waals surface area contributed by atoms with E-state index in [0.29, 0.717) is 27.7 Å². The van der Waals surface area contributed by atoms with Gasteiger partial charge in [-0.2, -0.15) is 0 Å². The normalized spacial score (nSPS) is 10.2. The average molecular weight is 416 g/mol. The minimum absolute atomic E-state index is 0.207. The summed E-state index contributed by atoms with van der Waals surface area (Å²) >= 11 is 15.1. The van der Waals surface area contributed by atoms with Gasteiger partial charge in [-0.1, -0.05) is 45.2 Å². The van der Waals surface area contributed by atoms with Gasteiger partial charge in [0.1, 0.15) is 0 Å². The molecule has 2 aromatic rings. The van der Waals surface area contributed by atoms with Gasteiger partial charge >= 0.3 is 0 Å². The fourth-order valence-electron chi connectivity index (χ4n) is 1.85. The van der Waals surface area contributed by atoms with Gasteiger partial charge in [-0.25, -0.2) is 0 Å². The molecule has 23 heavy (non-hydrogen) atoms. The summed E-state index contributed by atoms with van der Waals surface area (Å²) in [5.41, 5.74) is 0.848. The van der Waals surface area contributed by atoms with Gasteiger partial charge in [0.2, 0.25) is 0 Å². The second kappa shape index (κ2) is 8.34. The molecule has 0 aromatic heterocycles. The Morgan fingerprint density at radius 3 is 2.35 bits per heavy atom. The van der Waals surface area contributed by atoms with Crippen LogP contribution >= 0.6 is 39.1 Å². The molecule has 0 aliphatic carbocycles. The number of nitrogens with one attached hydrogen (secondary N) is 2. The van der Waals surface area contributed by atoms with E-state index in [1.54, 1.807) is 30.3 Å². The van der Waals surface area contributed by atoms with Crippen molar-refractivity contribution in [1.82, 2.24) is 10.6 Å². The van der Waals surface area contributed by atoms with Crippen molar-refractivity contribution in [2.75, 3.05) is 13.1 Å². The smallest absolute Gasteiger partial charge is 0.252 e. The number of hydrogen-bond acceptors (Lipinski definition) is 2. The zero-order valence-corrected chi connectivity index (χ0v) is 15.0. The Balaban J connectivity index is 1.82. The third-order valence-corrected chi connectivity index (χ3v) is 4.01. The van der Waals surface area contributed by atoms with E-state index in [1.165, 1.54) is 6.07 Å². The number of rotatable bonds is 5. The van der Waals surface area contributed by atoms with Gasteiger partial charge in [0.15, 0.2) is 0 Å².